The molecule has 0 fully saturated rings. The molecule has 0 spiro atoms. The number of hydrogen-bond donors (Lipinski definition) is 0. The number of carbonyl (C=O) groups excluding carboxylic acids is 1. The molecular weight excluding hydrogens is 356 g/mol. The molecule has 27 heavy (non-hydrogen) atoms. The average molecular weight is 374 g/mol. The normalized spacial score (nSPS) is 12.9. The summed E-state index contributed by atoms with van der Waals surface area (Å²) in [5.41, 5.74) is 3.31. The van der Waals surface area contributed by atoms with E-state index in [-0.39, 0.29) is 5.91 Å². The number of nitrogens with zero attached hydrogens (tertiary/aromatic N) is 2. The molecule has 2 heterocycles. The fourth-order valence-electron chi connectivity index (χ4n) is 3.24. The lowest BCUT2D eigenvalue weighted by atomic mass is 10.1. The van der Waals surface area contributed by atoms with Crippen LogP contribution < -0.4 is 4.74 Å². The van der Waals surface area contributed by atoms with E-state index in [4.69, 9.17) is 4.74 Å². The van der Waals surface area contributed by atoms with Gasteiger partial charge < -0.3 is 9.64 Å². The summed E-state index contributed by atoms with van der Waals surface area (Å²) in [5.74, 6) is 0.650. The summed E-state index contributed by atoms with van der Waals surface area (Å²) in [4.78, 5) is 16.2. The largest absolute Gasteiger partial charge is 0.489 e. The maximum atomic E-state index is 12.9. The number of fused-ring (bicyclic) bond motifs is 1. The highest BCUT2D eigenvalue weighted by Crippen LogP contribution is 2.26. The molecule has 134 valence electrons. The fourth-order valence-corrected chi connectivity index (χ4v) is 4.13. The summed E-state index contributed by atoms with van der Waals surface area (Å²) >= 11 is 1.76. The summed E-state index contributed by atoms with van der Waals surface area (Å²) in [5, 5.41) is 11.3. The summed E-state index contributed by atoms with van der Waals surface area (Å²) in [7, 11) is 0. The monoisotopic (exact) mass is 374 g/mol. The van der Waals surface area contributed by atoms with Crippen molar-refractivity contribution in [2.24, 2.45) is 0 Å². The van der Waals surface area contributed by atoms with Gasteiger partial charge in [-0.3, -0.25) is 4.79 Å². The Balaban J connectivity index is 1.46. The minimum absolute atomic E-state index is 0.0229. The van der Waals surface area contributed by atoms with E-state index < -0.39 is 0 Å². The van der Waals surface area contributed by atoms with Crippen molar-refractivity contribution in [3.05, 3.63) is 87.1 Å². The zero-order valence-electron chi connectivity index (χ0n) is 14.7. The first-order valence-electron chi connectivity index (χ1n) is 8.80. The minimum atomic E-state index is 0.0229. The van der Waals surface area contributed by atoms with Crippen LogP contribution in [0.2, 0.25) is 0 Å². The third-order valence-corrected chi connectivity index (χ3v) is 5.73. The number of hydrogen-bond acceptors (Lipinski definition) is 4. The van der Waals surface area contributed by atoms with E-state index in [9.17, 15) is 10.1 Å². The molecular formula is C22H18N2O2S. The van der Waals surface area contributed by atoms with Crippen molar-refractivity contribution in [3.63, 3.8) is 0 Å². The highest BCUT2D eigenvalue weighted by atomic mass is 32.1. The molecule has 0 saturated carbocycles. The van der Waals surface area contributed by atoms with Crippen LogP contribution in [0.3, 0.4) is 0 Å². The van der Waals surface area contributed by atoms with Gasteiger partial charge in [0, 0.05) is 29.1 Å². The first kappa shape index (κ1) is 17.3. The zero-order valence-corrected chi connectivity index (χ0v) is 15.5. The lowest BCUT2D eigenvalue weighted by Crippen LogP contribution is -2.35. The number of rotatable bonds is 4. The summed E-state index contributed by atoms with van der Waals surface area (Å²) < 4.78 is 5.84. The van der Waals surface area contributed by atoms with Gasteiger partial charge in [0.25, 0.3) is 5.91 Å². The molecule has 0 bridgehead atoms. The van der Waals surface area contributed by atoms with Crippen LogP contribution in [0.1, 0.15) is 31.9 Å². The van der Waals surface area contributed by atoms with Crippen molar-refractivity contribution in [3.8, 4) is 11.8 Å². The van der Waals surface area contributed by atoms with Gasteiger partial charge in [-0.15, -0.1) is 11.3 Å². The third kappa shape index (κ3) is 3.71. The van der Waals surface area contributed by atoms with E-state index in [2.05, 4.69) is 17.5 Å². The second-order valence-electron chi connectivity index (χ2n) is 6.43. The summed E-state index contributed by atoms with van der Waals surface area (Å²) in [6, 6.07) is 18.9. The smallest absolute Gasteiger partial charge is 0.254 e. The molecule has 1 aliphatic rings. The molecule has 0 N–H and O–H groups in total. The van der Waals surface area contributed by atoms with E-state index in [1.54, 1.807) is 23.5 Å². The zero-order chi connectivity index (χ0) is 18.6. The average Bonchev–Trinajstić information content (AvgIpc) is 3.20. The van der Waals surface area contributed by atoms with Crippen LogP contribution in [0.15, 0.2) is 60.0 Å². The van der Waals surface area contributed by atoms with Gasteiger partial charge in [0.2, 0.25) is 0 Å². The molecule has 0 unspecified atom stereocenters. The van der Waals surface area contributed by atoms with Crippen LogP contribution >= 0.6 is 11.3 Å². The lowest BCUT2D eigenvalue weighted by molar-refractivity contribution is 0.0735. The second kappa shape index (κ2) is 7.65. The van der Waals surface area contributed by atoms with Gasteiger partial charge >= 0.3 is 0 Å². The van der Waals surface area contributed by atoms with Crippen molar-refractivity contribution in [1.29, 1.82) is 5.26 Å². The Labute approximate surface area is 162 Å². The second-order valence-corrected chi connectivity index (χ2v) is 7.43. The van der Waals surface area contributed by atoms with E-state index >= 15 is 0 Å². The van der Waals surface area contributed by atoms with Crippen molar-refractivity contribution >= 4 is 17.2 Å². The van der Waals surface area contributed by atoms with Crippen LogP contribution in [0, 0.1) is 11.3 Å². The van der Waals surface area contributed by atoms with E-state index in [1.807, 2.05) is 41.3 Å². The molecule has 0 radical (unpaired) electrons. The van der Waals surface area contributed by atoms with E-state index in [0.717, 1.165) is 18.5 Å². The topological polar surface area (TPSA) is 53.3 Å². The van der Waals surface area contributed by atoms with Crippen LogP contribution in [0.4, 0.5) is 0 Å². The van der Waals surface area contributed by atoms with Crippen LogP contribution in [-0.2, 0) is 19.6 Å². The molecule has 0 saturated heterocycles. The van der Waals surface area contributed by atoms with E-state index in [1.165, 1.54) is 10.4 Å². The molecule has 1 aromatic heterocycles. The van der Waals surface area contributed by atoms with Crippen molar-refractivity contribution in [2.75, 3.05) is 6.54 Å². The van der Waals surface area contributed by atoms with Gasteiger partial charge in [-0.05, 0) is 47.7 Å². The third-order valence-electron chi connectivity index (χ3n) is 4.71. The predicted octanol–water partition coefficient (Wildman–Crippen LogP) is 4.40. The predicted molar refractivity (Wildman–Crippen MR) is 105 cm³/mol. The Bertz CT molecular complexity index is 1020. The molecule has 2 aromatic carbocycles. The fraction of sp³-hybridized carbons (Fsp3) is 0.182. The van der Waals surface area contributed by atoms with Gasteiger partial charge in [0.05, 0.1) is 11.6 Å². The van der Waals surface area contributed by atoms with Gasteiger partial charge in [0.15, 0.2) is 0 Å². The minimum Gasteiger partial charge on any atom is -0.489 e. The lowest BCUT2D eigenvalue weighted by Gasteiger charge is -2.27. The van der Waals surface area contributed by atoms with Crippen LogP contribution in [-0.4, -0.2) is 17.4 Å². The number of amides is 1. The van der Waals surface area contributed by atoms with Crippen LogP contribution in [0.25, 0.3) is 0 Å². The highest BCUT2D eigenvalue weighted by molar-refractivity contribution is 7.10. The van der Waals surface area contributed by atoms with Crippen molar-refractivity contribution in [1.82, 2.24) is 4.90 Å². The van der Waals surface area contributed by atoms with Gasteiger partial charge in [-0.25, -0.2) is 0 Å². The Morgan fingerprint density at radius 2 is 2.07 bits per heavy atom. The quantitative estimate of drug-likeness (QED) is 0.680. The molecule has 1 aliphatic heterocycles. The first-order chi connectivity index (χ1) is 13.2. The molecule has 4 rings (SSSR count). The Hall–Kier alpha value is -3.10. The van der Waals surface area contributed by atoms with Crippen molar-refractivity contribution in [2.45, 2.75) is 19.6 Å². The Morgan fingerprint density at radius 1 is 1.19 bits per heavy atom. The van der Waals surface area contributed by atoms with Gasteiger partial charge in [-0.2, -0.15) is 5.26 Å². The number of thiophene rings is 1. The Morgan fingerprint density at radius 3 is 2.96 bits per heavy atom. The molecule has 5 heteroatoms. The Kier molecular flexibility index (Phi) is 4.91. The maximum absolute atomic E-state index is 12.9. The standard InChI is InChI=1S/C22H18N2O2S/c23-13-17-4-1-2-5-19(17)15-26-20-7-3-6-16(12-20)22(25)24-10-8-21-18(14-24)9-11-27-21/h1-7,9,11-12H,8,10,14-15H2. The van der Waals surface area contributed by atoms with E-state index in [0.29, 0.717) is 30.0 Å². The first-order valence-corrected chi connectivity index (χ1v) is 9.68. The number of benzene rings is 2. The maximum Gasteiger partial charge on any atom is 0.254 e. The number of nitriles is 1. The van der Waals surface area contributed by atoms with Gasteiger partial charge in [-0.1, -0.05) is 24.3 Å². The summed E-state index contributed by atoms with van der Waals surface area (Å²) in [6.45, 7) is 1.70. The number of ether oxygens (including phenoxy) is 1. The molecule has 0 atom stereocenters. The summed E-state index contributed by atoms with van der Waals surface area (Å²) in [6.07, 6.45) is 0.917. The molecule has 0 aliphatic carbocycles. The van der Waals surface area contributed by atoms with Crippen LogP contribution in [0.5, 0.6) is 5.75 Å². The van der Waals surface area contributed by atoms with Gasteiger partial charge in [0.1, 0.15) is 12.4 Å². The number of carbonyl (C=O) groups is 1. The molecule has 3 aromatic rings. The molecule has 1 amide bonds. The molecule has 4 nitrogen and oxygen atoms in total. The SMILES string of the molecule is N#Cc1ccccc1COc1cccc(C(=O)N2CCc3sccc3C2)c1. The van der Waals surface area contributed by atoms with Crippen molar-refractivity contribution < 1.29 is 9.53 Å². The highest BCUT2D eigenvalue weighted by Gasteiger charge is 2.22.